The molecule has 1 N–H and O–H groups in total. The maximum Gasteiger partial charge on any atom is 0.319 e. The number of piperidine rings is 1. The summed E-state index contributed by atoms with van der Waals surface area (Å²) in [4.78, 5) is 24.1. The highest BCUT2D eigenvalue weighted by atomic mass is 32.2. The number of aromatic nitrogens is 1. The monoisotopic (exact) mass is 517 g/mol. The molecule has 2 amide bonds. The fourth-order valence-electron chi connectivity index (χ4n) is 4.47. The Morgan fingerprint density at radius 1 is 1.15 bits per heavy atom. The Kier molecular flexibility index (Phi) is 5.89. The second-order valence-electron chi connectivity index (χ2n) is 8.90. The number of hydrogen-bond donors (Lipinski definition) is 1. The van der Waals surface area contributed by atoms with Crippen LogP contribution in [0.2, 0.25) is 0 Å². The Hall–Kier alpha value is -2.50. The van der Waals surface area contributed by atoms with E-state index in [-0.39, 0.29) is 10.8 Å². The second kappa shape index (κ2) is 8.62. The van der Waals surface area contributed by atoms with E-state index >= 15 is 0 Å². The Bertz CT molecular complexity index is 1350. The van der Waals surface area contributed by atoms with Crippen LogP contribution in [0.25, 0.3) is 10.9 Å². The van der Waals surface area contributed by atoms with Crippen LogP contribution in [-0.4, -0.2) is 79.8 Å². The number of carbonyl (C=O) groups is 1. The normalized spacial score (nSPS) is 17.9. The zero-order valence-electron chi connectivity index (χ0n) is 19.3. The van der Waals surface area contributed by atoms with E-state index in [0.717, 1.165) is 54.1 Å². The van der Waals surface area contributed by atoms with Crippen molar-refractivity contribution in [1.29, 1.82) is 0 Å². The van der Waals surface area contributed by atoms with Gasteiger partial charge in [0.25, 0.3) is 10.0 Å². The largest absolute Gasteiger partial charge is 0.351 e. The van der Waals surface area contributed by atoms with Crippen LogP contribution in [-0.2, 0) is 10.0 Å². The molecule has 4 heterocycles. The lowest BCUT2D eigenvalue weighted by atomic mass is 9.96. The summed E-state index contributed by atoms with van der Waals surface area (Å²) in [7, 11) is 1.52. The van der Waals surface area contributed by atoms with Gasteiger partial charge in [0.2, 0.25) is 0 Å². The van der Waals surface area contributed by atoms with Crippen LogP contribution < -0.4 is 4.31 Å². The number of rotatable bonds is 4. The average molecular weight is 518 g/mol. The lowest BCUT2D eigenvalue weighted by Crippen LogP contribution is -2.48. The molecule has 180 valence electrons. The van der Waals surface area contributed by atoms with Crippen LogP contribution >= 0.6 is 23.1 Å². The van der Waals surface area contributed by atoms with Gasteiger partial charge in [0.15, 0.2) is 0 Å². The number of anilines is 1. The number of hydrogen-bond acceptors (Lipinski definition) is 6. The van der Waals surface area contributed by atoms with E-state index < -0.39 is 10.0 Å². The quantitative estimate of drug-likeness (QED) is 0.565. The van der Waals surface area contributed by atoms with Crippen LogP contribution in [0.1, 0.15) is 18.5 Å². The van der Waals surface area contributed by atoms with Crippen LogP contribution in [0.4, 0.5) is 10.5 Å². The predicted octanol–water partition coefficient (Wildman–Crippen LogP) is 4.06. The fourth-order valence-corrected chi connectivity index (χ4v) is 8.11. The zero-order valence-corrected chi connectivity index (χ0v) is 21.8. The van der Waals surface area contributed by atoms with Crippen molar-refractivity contribution in [3.05, 3.63) is 47.5 Å². The molecule has 3 aromatic rings. The minimum Gasteiger partial charge on any atom is -0.351 e. The Morgan fingerprint density at radius 2 is 1.91 bits per heavy atom. The number of thioether (sulfide) groups is 1. The van der Waals surface area contributed by atoms with Gasteiger partial charge in [0.05, 0.1) is 23.4 Å². The summed E-state index contributed by atoms with van der Waals surface area (Å²) < 4.78 is 27.8. The van der Waals surface area contributed by atoms with Crippen LogP contribution in [0, 0.1) is 0 Å². The first-order chi connectivity index (χ1) is 16.2. The van der Waals surface area contributed by atoms with E-state index in [2.05, 4.69) is 4.98 Å². The molecule has 1 saturated heterocycles. The van der Waals surface area contributed by atoms with E-state index in [9.17, 15) is 13.2 Å². The standard InChI is InChI=1S/C23H27N5O3S3/c1-26(2)22(29)28-11-9-23(10-12-28)15-24-21(33-23)17-14-16-6-4-7-18(20(16)25-17)27(3)34(30,31)19-8-5-13-32-19/h4-8,13-14,25H,9-12,15H2,1-3H3. The fraction of sp³-hybridized carbons (Fsp3) is 0.391. The summed E-state index contributed by atoms with van der Waals surface area (Å²) in [5, 5.41) is 3.65. The third-order valence-electron chi connectivity index (χ3n) is 6.47. The minimum atomic E-state index is -3.63. The summed E-state index contributed by atoms with van der Waals surface area (Å²) in [5.74, 6) is 0. The summed E-state index contributed by atoms with van der Waals surface area (Å²) in [6.45, 7) is 2.19. The first-order valence-electron chi connectivity index (χ1n) is 11.0. The number of aliphatic imine (C=N–C) groups is 1. The maximum absolute atomic E-state index is 13.1. The van der Waals surface area contributed by atoms with E-state index in [1.54, 1.807) is 55.3 Å². The van der Waals surface area contributed by atoms with E-state index in [0.29, 0.717) is 9.90 Å². The minimum absolute atomic E-state index is 0.0118. The molecule has 0 radical (unpaired) electrons. The lowest BCUT2D eigenvalue weighted by molar-refractivity contribution is 0.154. The second-order valence-corrected chi connectivity index (χ2v) is 13.5. The number of H-pyrrole nitrogens is 1. The van der Waals surface area contributed by atoms with Crippen LogP contribution in [0.15, 0.2) is 51.0 Å². The highest BCUT2D eigenvalue weighted by Gasteiger charge is 2.41. The van der Waals surface area contributed by atoms with Gasteiger partial charge >= 0.3 is 6.03 Å². The Labute approximate surface area is 207 Å². The van der Waals surface area contributed by atoms with Gasteiger partial charge in [-0.2, -0.15) is 0 Å². The summed E-state index contributed by atoms with van der Waals surface area (Å²) in [6.07, 6.45) is 1.80. The third kappa shape index (κ3) is 3.99. The lowest BCUT2D eigenvalue weighted by Gasteiger charge is -2.38. The molecule has 0 aliphatic carbocycles. The molecule has 1 aromatic carbocycles. The Balaban J connectivity index is 1.37. The molecule has 1 spiro atoms. The SMILES string of the molecule is CN(C)C(=O)N1CCC2(CC1)CN=C(c1cc3cccc(N(C)S(=O)(=O)c4cccs4)c3[nH]1)S2. The molecule has 1 fully saturated rings. The molecule has 2 aromatic heterocycles. The molecule has 8 nitrogen and oxygen atoms in total. The summed E-state index contributed by atoms with van der Waals surface area (Å²) in [5.41, 5.74) is 2.28. The zero-order chi connectivity index (χ0) is 24.1. The van der Waals surface area contributed by atoms with Crippen molar-refractivity contribution >= 4 is 60.8 Å². The highest BCUT2D eigenvalue weighted by Crippen LogP contribution is 2.44. The number of thiophene rings is 1. The van der Waals surface area contributed by atoms with Gasteiger partial charge in [0, 0.05) is 44.4 Å². The summed E-state index contributed by atoms with van der Waals surface area (Å²) in [6, 6.07) is 11.1. The number of amides is 2. The highest BCUT2D eigenvalue weighted by molar-refractivity contribution is 8.15. The van der Waals surface area contributed by atoms with Crippen molar-refractivity contribution in [3.63, 3.8) is 0 Å². The number of carbonyl (C=O) groups excluding carboxylic acids is 1. The van der Waals surface area contributed by atoms with Gasteiger partial charge in [0.1, 0.15) is 9.25 Å². The van der Waals surface area contributed by atoms with Crippen molar-refractivity contribution in [3.8, 4) is 0 Å². The van der Waals surface area contributed by atoms with Gasteiger partial charge in [-0.1, -0.05) is 30.0 Å². The third-order valence-corrected chi connectivity index (χ3v) is 11.1. The number of para-hydroxylation sites is 1. The molecule has 34 heavy (non-hydrogen) atoms. The molecule has 0 atom stereocenters. The number of nitrogens with one attached hydrogen (secondary N) is 1. The van der Waals surface area contributed by atoms with Crippen molar-refractivity contribution in [2.24, 2.45) is 4.99 Å². The van der Waals surface area contributed by atoms with Crippen molar-refractivity contribution in [1.82, 2.24) is 14.8 Å². The topological polar surface area (TPSA) is 89.1 Å². The van der Waals surface area contributed by atoms with E-state index in [1.807, 2.05) is 29.2 Å². The molecule has 0 bridgehead atoms. The molecule has 5 rings (SSSR count). The van der Waals surface area contributed by atoms with Crippen LogP contribution in [0.5, 0.6) is 0 Å². The smallest absolute Gasteiger partial charge is 0.319 e. The van der Waals surface area contributed by atoms with E-state index in [4.69, 9.17) is 4.99 Å². The molecular weight excluding hydrogens is 490 g/mol. The first kappa shape index (κ1) is 23.3. The number of likely N-dealkylation sites (tertiary alicyclic amines) is 1. The van der Waals surface area contributed by atoms with Gasteiger partial charge in [-0.15, -0.1) is 11.3 Å². The van der Waals surface area contributed by atoms with Crippen molar-refractivity contribution in [2.45, 2.75) is 21.8 Å². The molecule has 11 heteroatoms. The molecular formula is C23H27N5O3S3. The number of benzene rings is 1. The Morgan fingerprint density at radius 3 is 2.59 bits per heavy atom. The van der Waals surface area contributed by atoms with Crippen molar-refractivity contribution in [2.75, 3.05) is 45.1 Å². The van der Waals surface area contributed by atoms with E-state index in [1.165, 1.54) is 15.6 Å². The molecule has 0 saturated carbocycles. The first-order valence-corrected chi connectivity index (χ1v) is 14.2. The summed E-state index contributed by atoms with van der Waals surface area (Å²) >= 11 is 2.99. The van der Waals surface area contributed by atoms with Gasteiger partial charge < -0.3 is 14.8 Å². The van der Waals surface area contributed by atoms with Crippen LogP contribution in [0.3, 0.4) is 0 Å². The molecule has 2 aliphatic heterocycles. The number of urea groups is 1. The number of sulfonamides is 1. The van der Waals surface area contributed by atoms with Gasteiger partial charge in [-0.3, -0.25) is 9.30 Å². The predicted molar refractivity (Wildman–Crippen MR) is 140 cm³/mol. The number of nitrogens with zero attached hydrogens (tertiary/aromatic N) is 4. The maximum atomic E-state index is 13.1. The molecule has 2 aliphatic rings. The number of fused-ring (bicyclic) bond motifs is 1. The molecule has 0 unspecified atom stereocenters. The van der Waals surface area contributed by atoms with Gasteiger partial charge in [-0.05, 0) is 36.4 Å². The number of aromatic amines is 1. The van der Waals surface area contributed by atoms with Gasteiger partial charge in [-0.25, -0.2) is 13.2 Å². The average Bonchev–Trinajstić information content (AvgIpc) is 3.58. The van der Waals surface area contributed by atoms with Crippen molar-refractivity contribution < 1.29 is 13.2 Å².